The van der Waals surface area contributed by atoms with E-state index in [1.54, 1.807) is 0 Å². The SMILES string of the molecule is IC(I)(I)C(NC(C(I)(I)I)C(I)(I)I)C(I)(I)I. The average Bonchev–Trinajstić information content (AvgIpc) is 1.91. The third-order valence-corrected chi connectivity index (χ3v) is 9.12. The van der Waals surface area contributed by atoms with Gasteiger partial charge >= 0.3 is 0 Å². The molecule has 0 bridgehead atoms. The maximum Gasteiger partial charge on any atom is 0.142 e. The minimum Gasteiger partial charge on any atom is -0.301 e. The Morgan fingerprint density at radius 3 is 0.684 bits per heavy atom. The molecule has 0 heterocycles. The van der Waals surface area contributed by atoms with Gasteiger partial charge < -0.3 is 5.32 Å². The fourth-order valence-electron chi connectivity index (χ4n) is 0.916. The Bertz CT molecular complexity index is 233. The Kier molecular flexibility index (Phi) is 16.3. The summed E-state index contributed by atoms with van der Waals surface area (Å²) in [5.41, 5.74) is 0. The summed E-state index contributed by atoms with van der Waals surface area (Å²) in [4.78, 5) is 0. The van der Waals surface area contributed by atoms with Gasteiger partial charge in [0.2, 0.25) is 0 Å². The van der Waals surface area contributed by atoms with Gasteiger partial charge in [0.25, 0.3) is 0 Å². The van der Waals surface area contributed by atoms with Crippen molar-refractivity contribution in [2.75, 3.05) is 0 Å². The number of nitrogens with one attached hydrogen (secondary N) is 1. The number of hydrogen-bond donors (Lipinski definition) is 1. The third-order valence-electron chi connectivity index (χ3n) is 1.64. The molecule has 0 amide bonds. The van der Waals surface area contributed by atoms with E-state index in [4.69, 9.17) is 0 Å². The molecule has 0 unspecified atom stereocenters. The van der Waals surface area contributed by atoms with Gasteiger partial charge in [-0.15, -0.1) is 0 Å². The van der Waals surface area contributed by atoms with Crippen LogP contribution in [-0.2, 0) is 0 Å². The largest absolute Gasteiger partial charge is 0.301 e. The van der Waals surface area contributed by atoms with Gasteiger partial charge in [0.05, 0.1) is 12.1 Å². The van der Waals surface area contributed by atoms with E-state index in [9.17, 15) is 0 Å². The monoisotopic (exact) mass is 1610 g/mol. The predicted octanol–water partition coefficient (Wildman–Crippen LogP) is 9.15. The molecule has 1 N–H and O–H groups in total. The molecule has 19 heavy (non-hydrogen) atoms. The van der Waals surface area contributed by atoms with E-state index in [0.29, 0.717) is 12.1 Å². The molecule has 0 spiro atoms. The first kappa shape index (κ1) is 27.7. The number of halogens is 12. The molecule has 0 fully saturated rings. The Morgan fingerprint density at radius 1 is 0.421 bits per heavy atom. The Balaban J connectivity index is 5.43. The summed E-state index contributed by atoms with van der Waals surface area (Å²) in [6.07, 6.45) is 0. The Labute approximate surface area is 277 Å². The highest BCUT2D eigenvalue weighted by atomic mass is 127. The lowest BCUT2D eigenvalue weighted by Gasteiger charge is -2.42. The molecule has 116 valence electrons. The van der Waals surface area contributed by atoms with Crippen LogP contribution < -0.4 is 5.32 Å². The Hall–Kier alpha value is 8.72. The molecule has 0 saturated heterocycles. The maximum absolute atomic E-state index is 3.92. The van der Waals surface area contributed by atoms with Crippen LogP contribution in [0.1, 0.15) is 0 Å². The van der Waals surface area contributed by atoms with Crippen molar-refractivity contribution < 1.29 is 0 Å². The van der Waals surface area contributed by atoms with E-state index < -0.39 is 0 Å². The van der Waals surface area contributed by atoms with E-state index in [1.807, 2.05) is 0 Å². The van der Waals surface area contributed by atoms with E-state index in [0.717, 1.165) is 0 Å². The summed E-state index contributed by atoms with van der Waals surface area (Å²) in [5.74, 6) is 0. The molecule has 0 aromatic heterocycles. The molecule has 0 aliphatic carbocycles. The minimum absolute atomic E-state index is 0.124. The van der Waals surface area contributed by atoms with E-state index in [2.05, 4.69) is 276 Å². The fraction of sp³-hybridized carbons (Fsp3) is 1.00. The highest BCUT2D eigenvalue weighted by Crippen LogP contribution is 2.56. The van der Waals surface area contributed by atoms with Crippen molar-refractivity contribution in [1.29, 1.82) is 0 Å². The average molecular weight is 1610 g/mol. The first-order chi connectivity index (χ1) is 7.97. The fourth-order valence-corrected chi connectivity index (χ4v) is 19.4. The molecule has 0 aromatic carbocycles. The molecule has 0 radical (unpaired) electrons. The molecule has 0 aliphatic rings. The lowest BCUT2D eigenvalue weighted by molar-refractivity contribution is 0.519. The number of alkyl halides is 12. The van der Waals surface area contributed by atoms with E-state index in [-0.39, 0.29) is -2.26 Å². The van der Waals surface area contributed by atoms with Crippen LogP contribution in [0.4, 0.5) is 0 Å². The van der Waals surface area contributed by atoms with Crippen molar-refractivity contribution in [2.45, 2.75) is 9.82 Å². The van der Waals surface area contributed by atoms with Crippen molar-refractivity contribution >= 4 is 271 Å². The summed E-state index contributed by atoms with van der Waals surface area (Å²) in [6, 6.07) is 0.761. The third kappa shape index (κ3) is 12.1. The molecule has 1 nitrogen and oxygen atoms in total. The minimum atomic E-state index is 0.124. The molecule has 13 heteroatoms. The number of rotatable bonds is 6. The zero-order chi connectivity index (χ0) is 15.9. The van der Waals surface area contributed by atoms with Crippen LogP contribution in [0, 0.1) is 0 Å². The first-order valence-electron chi connectivity index (χ1n) is 4.00. The highest BCUT2D eigenvalue weighted by Gasteiger charge is 2.51. The van der Waals surface area contributed by atoms with Crippen molar-refractivity contribution in [1.82, 2.24) is 5.32 Å². The van der Waals surface area contributed by atoms with Gasteiger partial charge in [-0.1, -0.05) is 271 Å². The van der Waals surface area contributed by atoms with Crippen LogP contribution in [0.25, 0.3) is 0 Å². The van der Waals surface area contributed by atoms with Gasteiger partial charge in [-0.3, -0.25) is 0 Å². The second-order valence-electron chi connectivity index (χ2n) is 3.20. The maximum atomic E-state index is 3.92. The molecule has 0 saturated carbocycles. The smallest absolute Gasteiger partial charge is 0.142 e. The quantitative estimate of drug-likeness (QED) is 0.207. The molecule has 0 atom stereocenters. The van der Waals surface area contributed by atoms with Gasteiger partial charge in [0.15, 0.2) is 0 Å². The van der Waals surface area contributed by atoms with Gasteiger partial charge in [0, 0.05) is 0 Å². The van der Waals surface area contributed by atoms with E-state index in [1.165, 1.54) is 0 Å². The van der Waals surface area contributed by atoms with Crippen molar-refractivity contribution in [3.8, 4) is 0 Å². The zero-order valence-corrected chi connectivity index (χ0v) is 34.1. The summed E-state index contributed by atoms with van der Waals surface area (Å²) in [6.45, 7) is 0. The zero-order valence-electron chi connectivity index (χ0n) is 8.19. The Morgan fingerprint density at radius 2 is 0.579 bits per heavy atom. The normalized spacial score (nSPS) is 15.5. The van der Waals surface area contributed by atoms with Crippen LogP contribution in [0.15, 0.2) is 0 Å². The summed E-state index contributed by atoms with van der Waals surface area (Å²) >= 11 is 30.4. The second kappa shape index (κ2) is 11.2. The standard InChI is InChI=1S/C6H3I12N/c7-3(8,9)1(4(10,11)12)19-2(5(13,14)15)6(16,17)18/h1-2,19H. The van der Waals surface area contributed by atoms with Gasteiger partial charge in [0.1, 0.15) is -2.26 Å². The van der Waals surface area contributed by atoms with Crippen LogP contribution in [0.2, 0.25) is 0 Å². The highest BCUT2D eigenvalue weighted by molar-refractivity contribution is 14.3. The second-order valence-corrected chi connectivity index (χ2v) is 48.4. The van der Waals surface area contributed by atoms with Crippen molar-refractivity contribution in [2.24, 2.45) is 0 Å². The predicted molar refractivity (Wildman–Crippen MR) is 190 cm³/mol. The molecular weight excluding hydrogens is 1610 g/mol. The lowest BCUT2D eigenvalue weighted by Crippen LogP contribution is -2.59. The molecule has 0 aromatic rings. The first-order valence-corrected chi connectivity index (χ1v) is 16.9. The summed E-state index contributed by atoms with van der Waals surface area (Å²) in [5, 5.41) is 3.92. The van der Waals surface area contributed by atoms with Gasteiger partial charge in [-0.25, -0.2) is 0 Å². The molecule has 0 rings (SSSR count). The lowest BCUT2D eigenvalue weighted by atomic mass is 10.3. The van der Waals surface area contributed by atoms with Crippen LogP contribution >= 0.6 is 271 Å². The van der Waals surface area contributed by atoms with Gasteiger partial charge in [-0.2, -0.15) is 0 Å². The van der Waals surface area contributed by atoms with Crippen molar-refractivity contribution in [3.05, 3.63) is 0 Å². The molecule has 0 aliphatic heterocycles. The summed E-state index contributed by atoms with van der Waals surface area (Å²) in [7, 11) is 0. The van der Waals surface area contributed by atoms with Gasteiger partial charge in [-0.05, 0) is 0 Å². The van der Waals surface area contributed by atoms with E-state index >= 15 is 0 Å². The summed E-state index contributed by atoms with van der Waals surface area (Å²) < 4.78 is 0.498. The van der Waals surface area contributed by atoms with Crippen molar-refractivity contribution in [3.63, 3.8) is 0 Å². The topological polar surface area (TPSA) is 12.0 Å². The van der Waals surface area contributed by atoms with Crippen LogP contribution in [-0.4, -0.2) is 9.82 Å². The van der Waals surface area contributed by atoms with Crippen LogP contribution in [0.5, 0.6) is 0 Å². The number of hydrogen-bond acceptors (Lipinski definition) is 1. The van der Waals surface area contributed by atoms with Crippen LogP contribution in [0.3, 0.4) is 0 Å². The molecular formula is C6H3I12N.